The van der Waals surface area contributed by atoms with Crippen LogP contribution in [0.5, 0.6) is 0 Å². The van der Waals surface area contributed by atoms with E-state index in [0.29, 0.717) is 22.0 Å². The molecule has 2 rings (SSSR count). The molecule has 128 valence electrons. The summed E-state index contributed by atoms with van der Waals surface area (Å²) in [4.78, 5) is 24.3. The lowest BCUT2D eigenvalue weighted by Gasteiger charge is -2.07. The highest BCUT2D eigenvalue weighted by atomic mass is 35.5. The summed E-state index contributed by atoms with van der Waals surface area (Å²) < 4.78 is 4.94. The third kappa shape index (κ3) is 6.49. The van der Waals surface area contributed by atoms with Gasteiger partial charge in [-0.3, -0.25) is 9.59 Å². The van der Waals surface area contributed by atoms with Crippen LogP contribution in [0, 0.1) is 11.3 Å². The Bertz CT molecular complexity index is 788. The number of rotatable bonds is 7. The third-order valence-corrected chi connectivity index (χ3v) is 4.58. The molecule has 0 fully saturated rings. The number of halogens is 1. The van der Waals surface area contributed by atoms with Crippen molar-refractivity contribution >= 4 is 40.9 Å². The van der Waals surface area contributed by atoms with Crippen LogP contribution in [0.15, 0.2) is 53.4 Å². The Labute approximate surface area is 154 Å². The van der Waals surface area contributed by atoms with Crippen molar-refractivity contribution in [2.24, 2.45) is 0 Å². The Morgan fingerprint density at radius 1 is 1.16 bits per heavy atom. The minimum absolute atomic E-state index is 0.181. The second-order valence-electron chi connectivity index (χ2n) is 4.93. The fourth-order valence-corrected chi connectivity index (χ4v) is 3.02. The Morgan fingerprint density at radius 2 is 1.88 bits per heavy atom. The molecule has 0 saturated carbocycles. The summed E-state index contributed by atoms with van der Waals surface area (Å²) in [6.45, 7) is -0.352. The van der Waals surface area contributed by atoms with Crippen molar-refractivity contribution in [3.8, 4) is 6.07 Å². The Kier molecular flexibility index (Phi) is 7.33. The first-order chi connectivity index (χ1) is 12.1. The molecule has 2 aromatic rings. The molecule has 1 amide bonds. The lowest BCUT2D eigenvalue weighted by atomic mass is 10.2. The normalized spacial score (nSPS) is 9.92. The lowest BCUT2D eigenvalue weighted by Crippen LogP contribution is -2.21. The Hall–Kier alpha value is -2.49. The predicted octanol–water partition coefficient (Wildman–Crippen LogP) is 3.88. The van der Waals surface area contributed by atoms with Gasteiger partial charge in [0.25, 0.3) is 5.91 Å². The minimum Gasteiger partial charge on any atom is -0.456 e. The summed E-state index contributed by atoms with van der Waals surface area (Å²) in [5.74, 6) is -0.369. The smallest absolute Gasteiger partial charge is 0.307 e. The number of hydrogen-bond donors (Lipinski definition) is 1. The molecule has 2 aromatic carbocycles. The van der Waals surface area contributed by atoms with Gasteiger partial charge in [-0.1, -0.05) is 23.7 Å². The van der Waals surface area contributed by atoms with E-state index in [2.05, 4.69) is 5.32 Å². The first kappa shape index (κ1) is 18.8. The summed E-state index contributed by atoms with van der Waals surface area (Å²) in [6, 6.07) is 15.8. The molecule has 0 unspecified atom stereocenters. The monoisotopic (exact) mass is 374 g/mol. The van der Waals surface area contributed by atoms with Gasteiger partial charge >= 0.3 is 5.97 Å². The molecule has 0 heterocycles. The fraction of sp³-hybridized carbons (Fsp3) is 0.167. The maximum absolute atomic E-state index is 11.7. The van der Waals surface area contributed by atoms with Crippen LogP contribution in [0.4, 0.5) is 5.69 Å². The van der Waals surface area contributed by atoms with Crippen LogP contribution in [0.3, 0.4) is 0 Å². The lowest BCUT2D eigenvalue weighted by molar-refractivity contribution is -0.146. The number of thioether (sulfide) groups is 1. The van der Waals surface area contributed by atoms with Crippen molar-refractivity contribution in [3.63, 3.8) is 0 Å². The summed E-state index contributed by atoms with van der Waals surface area (Å²) in [5.41, 5.74) is 1.04. The summed E-state index contributed by atoms with van der Waals surface area (Å²) >= 11 is 7.49. The Balaban J connectivity index is 1.68. The number of carbonyl (C=O) groups is 2. The predicted molar refractivity (Wildman–Crippen MR) is 97.5 cm³/mol. The van der Waals surface area contributed by atoms with Crippen LogP contribution in [0.2, 0.25) is 5.02 Å². The zero-order valence-corrected chi connectivity index (χ0v) is 14.8. The van der Waals surface area contributed by atoms with E-state index in [9.17, 15) is 9.59 Å². The molecule has 1 N–H and O–H groups in total. The number of anilines is 1. The van der Waals surface area contributed by atoms with Gasteiger partial charge in [-0.25, -0.2) is 0 Å². The highest BCUT2D eigenvalue weighted by Crippen LogP contribution is 2.26. The van der Waals surface area contributed by atoms with Crippen LogP contribution in [0.1, 0.15) is 12.0 Å². The molecule has 0 bridgehead atoms. The molecule has 0 aliphatic carbocycles. The van der Waals surface area contributed by atoms with Crippen LogP contribution in [-0.4, -0.2) is 24.2 Å². The summed E-state index contributed by atoms with van der Waals surface area (Å²) in [7, 11) is 0. The first-order valence-corrected chi connectivity index (χ1v) is 8.78. The van der Waals surface area contributed by atoms with Crippen LogP contribution in [-0.2, 0) is 14.3 Å². The molecule has 0 spiro atoms. The second-order valence-corrected chi connectivity index (χ2v) is 6.47. The van der Waals surface area contributed by atoms with Crippen molar-refractivity contribution in [1.82, 2.24) is 0 Å². The average Bonchev–Trinajstić information content (AvgIpc) is 2.62. The summed E-state index contributed by atoms with van der Waals surface area (Å²) in [6.07, 6.45) is 0.181. The molecule has 0 saturated heterocycles. The number of amides is 1. The SMILES string of the molecule is N#Cc1ccc(NC(=O)COC(=O)CCSc2ccccc2Cl)cc1. The number of carbonyl (C=O) groups excluding carboxylic acids is 2. The van der Waals surface area contributed by atoms with Crippen LogP contribution in [0.25, 0.3) is 0 Å². The number of benzene rings is 2. The molecule has 0 radical (unpaired) electrons. The number of esters is 1. The fourth-order valence-electron chi connectivity index (χ4n) is 1.85. The molecule has 7 heteroatoms. The second kappa shape index (κ2) is 9.72. The highest BCUT2D eigenvalue weighted by molar-refractivity contribution is 7.99. The van der Waals surface area contributed by atoms with E-state index in [1.165, 1.54) is 11.8 Å². The van der Waals surface area contributed by atoms with Gasteiger partial charge in [-0.2, -0.15) is 5.26 Å². The van der Waals surface area contributed by atoms with Crippen LogP contribution < -0.4 is 5.32 Å². The quantitative estimate of drug-likeness (QED) is 0.587. The van der Waals surface area contributed by atoms with Gasteiger partial charge < -0.3 is 10.1 Å². The average molecular weight is 375 g/mol. The van der Waals surface area contributed by atoms with E-state index in [1.54, 1.807) is 30.3 Å². The van der Waals surface area contributed by atoms with Crippen molar-refractivity contribution in [2.75, 3.05) is 17.7 Å². The van der Waals surface area contributed by atoms with E-state index in [4.69, 9.17) is 21.6 Å². The van der Waals surface area contributed by atoms with Gasteiger partial charge in [0.15, 0.2) is 6.61 Å². The molecule has 25 heavy (non-hydrogen) atoms. The molecular weight excluding hydrogens is 360 g/mol. The van der Waals surface area contributed by atoms with Gasteiger partial charge in [0.05, 0.1) is 23.1 Å². The largest absolute Gasteiger partial charge is 0.456 e. The zero-order valence-electron chi connectivity index (χ0n) is 13.2. The van der Waals surface area contributed by atoms with E-state index in [-0.39, 0.29) is 13.0 Å². The standard InChI is InChI=1S/C18H15ClN2O3S/c19-15-3-1-2-4-16(15)25-10-9-18(23)24-12-17(22)21-14-7-5-13(11-20)6-8-14/h1-8H,9-10,12H2,(H,21,22). The number of ether oxygens (including phenoxy) is 1. The highest BCUT2D eigenvalue weighted by Gasteiger charge is 2.09. The van der Waals surface area contributed by atoms with Gasteiger partial charge in [0.2, 0.25) is 0 Å². The van der Waals surface area contributed by atoms with Crippen molar-refractivity contribution < 1.29 is 14.3 Å². The van der Waals surface area contributed by atoms with Gasteiger partial charge in [0.1, 0.15) is 0 Å². The van der Waals surface area contributed by atoms with E-state index in [0.717, 1.165) is 4.90 Å². The molecule has 0 aliphatic heterocycles. The van der Waals surface area contributed by atoms with Crippen LogP contribution >= 0.6 is 23.4 Å². The zero-order chi connectivity index (χ0) is 18.1. The van der Waals surface area contributed by atoms with E-state index >= 15 is 0 Å². The molecule has 0 atom stereocenters. The van der Waals surface area contributed by atoms with Crippen molar-refractivity contribution in [3.05, 3.63) is 59.1 Å². The van der Waals surface area contributed by atoms with Crippen molar-refractivity contribution in [1.29, 1.82) is 5.26 Å². The Morgan fingerprint density at radius 3 is 2.56 bits per heavy atom. The van der Waals surface area contributed by atoms with Gasteiger partial charge in [-0.15, -0.1) is 11.8 Å². The maximum atomic E-state index is 11.7. The molecular formula is C18H15ClN2O3S. The minimum atomic E-state index is -0.450. The molecule has 0 aliphatic rings. The molecule has 0 aromatic heterocycles. The van der Waals surface area contributed by atoms with E-state index < -0.39 is 11.9 Å². The molecule has 5 nitrogen and oxygen atoms in total. The van der Waals surface area contributed by atoms with Gasteiger partial charge in [-0.05, 0) is 36.4 Å². The maximum Gasteiger partial charge on any atom is 0.307 e. The number of hydrogen-bond acceptors (Lipinski definition) is 5. The van der Waals surface area contributed by atoms with Gasteiger partial charge in [0, 0.05) is 16.3 Å². The first-order valence-electron chi connectivity index (χ1n) is 7.41. The number of nitriles is 1. The number of nitrogens with one attached hydrogen (secondary N) is 1. The summed E-state index contributed by atoms with van der Waals surface area (Å²) in [5, 5.41) is 11.9. The topological polar surface area (TPSA) is 79.2 Å². The number of nitrogens with zero attached hydrogens (tertiary/aromatic N) is 1. The third-order valence-electron chi connectivity index (χ3n) is 3.06. The van der Waals surface area contributed by atoms with E-state index in [1.807, 2.05) is 24.3 Å². The van der Waals surface area contributed by atoms with Crippen molar-refractivity contribution in [2.45, 2.75) is 11.3 Å².